The smallest absolute Gasteiger partial charge is 0.176 e. The van der Waals surface area contributed by atoms with E-state index in [2.05, 4.69) is 0 Å². The highest BCUT2D eigenvalue weighted by molar-refractivity contribution is 5.20. The maximum absolute atomic E-state index is 13.0. The fourth-order valence-corrected chi connectivity index (χ4v) is 1.46. The molecule has 1 unspecified atom stereocenters. The Labute approximate surface area is 95.4 Å². The molecule has 0 amide bonds. The van der Waals surface area contributed by atoms with Crippen molar-refractivity contribution in [3.63, 3.8) is 0 Å². The standard InChI is InChI=1S/C12H18FNO2/c1-3-15-12(16-4-2)11(14)9-6-5-7-10(13)8-9/h5-8,11-12H,3-4,14H2,1-2H3. The molecule has 0 spiro atoms. The molecule has 1 atom stereocenters. The van der Waals surface area contributed by atoms with E-state index in [1.807, 2.05) is 13.8 Å². The second kappa shape index (κ2) is 6.58. The van der Waals surface area contributed by atoms with Crippen molar-refractivity contribution >= 4 is 0 Å². The summed E-state index contributed by atoms with van der Waals surface area (Å²) in [5.41, 5.74) is 6.64. The molecular formula is C12H18FNO2. The summed E-state index contributed by atoms with van der Waals surface area (Å²) in [6, 6.07) is 5.69. The molecule has 1 rings (SSSR count). The summed E-state index contributed by atoms with van der Waals surface area (Å²) >= 11 is 0. The third-order valence-electron chi connectivity index (χ3n) is 2.19. The molecule has 0 saturated carbocycles. The Hall–Kier alpha value is -0.970. The van der Waals surface area contributed by atoms with Crippen LogP contribution in [0.1, 0.15) is 25.5 Å². The first kappa shape index (κ1) is 13.1. The van der Waals surface area contributed by atoms with Gasteiger partial charge in [-0.15, -0.1) is 0 Å². The molecule has 4 heteroatoms. The van der Waals surface area contributed by atoms with Crippen molar-refractivity contribution < 1.29 is 13.9 Å². The molecule has 1 aromatic rings. The third-order valence-corrected chi connectivity index (χ3v) is 2.19. The Kier molecular flexibility index (Phi) is 5.38. The summed E-state index contributed by atoms with van der Waals surface area (Å²) in [5.74, 6) is -0.306. The summed E-state index contributed by atoms with van der Waals surface area (Å²) in [5, 5.41) is 0. The molecule has 0 aromatic heterocycles. The minimum atomic E-state index is -0.531. The quantitative estimate of drug-likeness (QED) is 0.758. The van der Waals surface area contributed by atoms with Crippen molar-refractivity contribution in [3.8, 4) is 0 Å². The van der Waals surface area contributed by atoms with Crippen LogP contribution in [0.2, 0.25) is 0 Å². The predicted octanol–water partition coefficient (Wildman–Crippen LogP) is 2.22. The zero-order valence-electron chi connectivity index (χ0n) is 9.65. The van der Waals surface area contributed by atoms with Crippen LogP contribution in [0.4, 0.5) is 4.39 Å². The van der Waals surface area contributed by atoms with Crippen LogP contribution in [0.5, 0.6) is 0 Å². The van der Waals surface area contributed by atoms with Gasteiger partial charge in [-0.2, -0.15) is 0 Å². The van der Waals surface area contributed by atoms with Crippen LogP contribution >= 0.6 is 0 Å². The van der Waals surface area contributed by atoms with Gasteiger partial charge >= 0.3 is 0 Å². The number of ether oxygens (including phenoxy) is 2. The van der Waals surface area contributed by atoms with Gasteiger partial charge in [0.15, 0.2) is 6.29 Å². The molecule has 1 aromatic carbocycles. The van der Waals surface area contributed by atoms with Gasteiger partial charge in [0.25, 0.3) is 0 Å². The monoisotopic (exact) mass is 227 g/mol. The van der Waals surface area contributed by atoms with Crippen LogP contribution in [-0.2, 0) is 9.47 Å². The Bertz CT molecular complexity index is 314. The van der Waals surface area contributed by atoms with E-state index in [0.29, 0.717) is 18.8 Å². The van der Waals surface area contributed by atoms with Gasteiger partial charge in [-0.05, 0) is 31.5 Å². The van der Waals surface area contributed by atoms with Gasteiger partial charge < -0.3 is 15.2 Å². The molecule has 0 saturated heterocycles. The third kappa shape index (κ3) is 3.56. The SMILES string of the molecule is CCOC(OCC)C(N)c1cccc(F)c1. The van der Waals surface area contributed by atoms with E-state index in [1.54, 1.807) is 12.1 Å². The zero-order valence-corrected chi connectivity index (χ0v) is 9.65. The van der Waals surface area contributed by atoms with E-state index in [0.717, 1.165) is 0 Å². The maximum Gasteiger partial charge on any atom is 0.176 e. The maximum atomic E-state index is 13.0. The first-order valence-corrected chi connectivity index (χ1v) is 5.43. The number of hydrogen-bond acceptors (Lipinski definition) is 3. The minimum Gasteiger partial charge on any atom is -0.351 e. The molecule has 3 nitrogen and oxygen atoms in total. The number of nitrogens with two attached hydrogens (primary N) is 1. The van der Waals surface area contributed by atoms with E-state index in [1.165, 1.54) is 12.1 Å². The highest BCUT2D eigenvalue weighted by Crippen LogP contribution is 2.18. The first-order valence-electron chi connectivity index (χ1n) is 5.43. The number of halogens is 1. The topological polar surface area (TPSA) is 44.5 Å². The average molecular weight is 227 g/mol. The van der Waals surface area contributed by atoms with Crippen molar-refractivity contribution in [2.75, 3.05) is 13.2 Å². The van der Waals surface area contributed by atoms with Crippen LogP contribution in [0.15, 0.2) is 24.3 Å². The Morgan fingerprint density at radius 1 is 1.25 bits per heavy atom. The number of rotatable bonds is 6. The highest BCUT2D eigenvalue weighted by Gasteiger charge is 2.20. The number of benzene rings is 1. The van der Waals surface area contributed by atoms with Crippen molar-refractivity contribution in [2.24, 2.45) is 5.73 Å². The average Bonchev–Trinajstić information content (AvgIpc) is 2.28. The van der Waals surface area contributed by atoms with Crippen LogP contribution in [-0.4, -0.2) is 19.5 Å². The van der Waals surface area contributed by atoms with Gasteiger partial charge in [-0.25, -0.2) is 4.39 Å². The zero-order chi connectivity index (χ0) is 12.0. The number of hydrogen-bond donors (Lipinski definition) is 1. The van der Waals surface area contributed by atoms with E-state index >= 15 is 0 Å². The molecule has 0 radical (unpaired) electrons. The second-order valence-corrected chi connectivity index (χ2v) is 3.36. The second-order valence-electron chi connectivity index (χ2n) is 3.36. The Morgan fingerprint density at radius 2 is 1.88 bits per heavy atom. The summed E-state index contributed by atoms with van der Waals surface area (Å²) in [6.45, 7) is 4.75. The lowest BCUT2D eigenvalue weighted by Gasteiger charge is -2.23. The van der Waals surface area contributed by atoms with Crippen molar-refractivity contribution in [3.05, 3.63) is 35.6 Å². The Morgan fingerprint density at radius 3 is 2.38 bits per heavy atom. The van der Waals surface area contributed by atoms with Crippen LogP contribution in [0.3, 0.4) is 0 Å². The molecule has 16 heavy (non-hydrogen) atoms. The van der Waals surface area contributed by atoms with Crippen LogP contribution in [0, 0.1) is 5.82 Å². The molecule has 0 aliphatic rings. The highest BCUT2D eigenvalue weighted by atomic mass is 19.1. The van der Waals surface area contributed by atoms with Gasteiger partial charge in [0.05, 0.1) is 6.04 Å². The van der Waals surface area contributed by atoms with Gasteiger partial charge in [0.1, 0.15) is 5.82 Å². The van der Waals surface area contributed by atoms with E-state index < -0.39 is 12.3 Å². The molecule has 0 bridgehead atoms. The largest absolute Gasteiger partial charge is 0.351 e. The lowest BCUT2D eigenvalue weighted by Crippen LogP contribution is -2.31. The van der Waals surface area contributed by atoms with Gasteiger partial charge in [0.2, 0.25) is 0 Å². The van der Waals surface area contributed by atoms with E-state index in [9.17, 15) is 4.39 Å². The van der Waals surface area contributed by atoms with Crippen LogP contribution < -0.4 is 5.73 Å². The normalized spacial score (nSPS) is 13.1. The lowest BCUT2D eigenvalue weighted by atomic mass is 10.1. The molecule has 0 aliphatic carbocycles. The van der Waals surface area contributed by atoms with Gasteiger partial charge in [-0.1, -0.05) is 12.1 Å². The molecule has 0 heterocycles. The fraction of sp³-hybridized carbons (Fsp3) is 0.500. The van der Waals surface area contributed by atoms with E-state index in [-0.39, 0.29) is 5.82 Å². The summed E-state index contributed by atoms with van der Waals surface area (Å²) in [7, 11) is 0. The van der Waals surface area contributed by atoms with Crippen molar-refractivity contribution in [1.29, 1.82) is 0 Å². The summed E-state index contributed by atoms with van der Waals surface area (Å²) in [6.07, 6.45) is -0.531. The van der Waals surface area contributed by atoms with Gasteiger partial charge in [-0.3, -0.25) is 0 Å². The summed E-state index contributed by atoms with van der Waals surface area (Å²) in [4.78, 5) is 0. The fourth-order valence-electron chi connectivity index (χ4n) is 1.46. The molecule has 0 aliphatic heterocycles. The van der Waals surface area contributed by atoms with Crippen molar-refractivity contribution in [1.82, 2.24) is 0 Å². The molecular weight excluding hydrogens is 209 g/mol. The van der Waals surface area contributed by atoms with E-state index in [4.69, 9.17) is 15.2 Å². The van der Waals surface area contributed by atoms with Crippen LogP contribution in [0.25, 0.3) is 0 Å². The lowest BCUT2D eigenvalue weighted by molar-refractivity contribution is -0.149. The molecule has 2 N–H and O–H groups in total. The minimum absolute atomic E-state index is 0.306. The molecule has 0 fully saturated rings. The molecule has 90 valence electrons. The predicted molar refractivity (Wildman–Crippen MR) is 60.4 cm³/mol. The Balaban J connectivity index is 2.76. The summed E-state index contributed by atoms with van der Waals surface area (Å²) < 4.78 is 23.8. The van der Waals surface area contributed by atoms with Gasteiger partial charge in [0, 0.05) is 13.2 Å². The first-order chi connectivity index (χ1) is 7.69. The van der Waals surface area contributed by atoms with Crippen molar-refractivity contribution in [2.45, 2.75) is 26.2 Å².